The zero-order valence-electron chi connectivity index (χ0n) is 19.5. The van der Waals surface area contributed by atoms with Gasteiger partial charge in [0.1, 0.15) is 11.5 Å². The molecule has 0 saturated heterocycles. The topological polar surface area (TPSA) is 119 Å². The van der Waals surface area contributed by atoms with Crippen molar-refractivity contribution < 1.29 is 14.6 Å². The molecule has 9 nitrogen and oxygen atoms in total. The van der Waals surface area contributed by atoms with Crippen molar-refractivity contribution in [3.8, 4) is 22.5 Å². The number of benzene rings is 2. The summed E-state index contributed by atoms with van der Waals surface area (Å²) in [5, 5.41) is 24.5. The number of aliphatic hydroxyl groups is 1. The maximum absolute atomic E-state index is 12.8. The van der Waals surface area contributed by atoms with Gasteiger partial charge in [-0.1, -0.05) is 55.5 Å². The molecule has 0 aliphatic rings. The third-order valence-electron chi connectivity index (χ3n) is 5.54. The third-order valence-corrected chi connectivity index (χ3v) is 5.54. The number of aromatic amines is 1. The monoisotopic (exact) mass is 460 g/mol. The van der Waals surface area contributed by atoms with E-state index in [9.17, 15) is 9.90 Å². The first kappa shape index (κ1) is 23.3. The number of imidazole rings is 1. The van der Waals surface area contributed by atoms with Gasteiger partial charge in [0.2, 0.25) is 0 Å². The lowest BCUT2D eigenvalue weighted by Crippen LogP contribution is -2.17. The number of nitrogens with zero attached hydrogens (tertiary/aromatic N) is 5. The van der Waals surface area contributed by atoms with E-state index in [0.717, 1.165) is 34.5 Å². The number of aryl methyl sites for hydroxylation is 1. The quantitative estimate of drug-likeness (QED) is 0.363. The van der Waals surface area contributed by atoms with Crippen molar-refractivity contribution in [3.63, 3.8) is 0 Å². The van der Waals surface area contributed by atoms with E-state index in [4.69, 9.17) is 4.74 Å². The summed E-state index contributed by atoms with van der Waals surface area (Å²) in [6, 6.07) is 16.0. The summed E-state index contributed by atoms with van der Waals surface area (Å²) in [5.74, 6) is 0.889. The fourth-order valence-electron chi connectivity index (χ4n) is 4.00. The number of tetrazole rings is 1. The molecule has 2 aromatic heterocycles. The number of carbonyl (C=O) groups excluding carboxylic acids is 1. The van der Waals surface area contributed by atoms with Gasteiger partial charge in [-0.2, -0.15) is 0 Å². The molecule has 9 heteroatoms. The molecule has 176 valence electrons. The number of H-pyrrole nitrogens is 1. The van der Waals surface area contributed by atoms with E-state index in [1.807, 2.05) is 53.1 Å². The Labute approximate surface area is 197 Å². The van der Waals surface area contributed by atoms with Crippen LogP contribution in [0.4, 0.5) is 0 Å². The minimum atomic E-state index is -0.874. The number of hydrogen-bond donors (Lipinski definition) is 2. The van der Waals surface area contributed by atoms with Gasteiger partial charge in [-0.3, -0.25) is 0 Å². The number of esters is 1. The number of ether oxygens (including phenoxy) is 1. The molecule has 0 fully saturated rings. The molecule has 34 heavy (non-hydrogen) atoms. The summed E-state index contributed by atoms with van der Waals surface area (Å²) in [5.41, 5.74) is 4.60. The minimum absolute atomic E-state index is 0.251. The number of hydrogen-bond acceptors (Lipinski definition) is 7. The van der Waals surface area contributed by atoms with Crippen molar-refractivity contribution in [3.05, 3.63) is 71.3 Å². The standard InChI is InChI=1S/C25H28N6O3/c1-4-8-21-26-22(16(3)32)23(25(33)34-5-2)31(21)15-17-11-13-18(14-12-17)19-9-6-7-10-20(19)24-27-29-30-28-24/h6-7,9-14,16,32H,4-5,8,15H2,1-3H3,(H,27,28,29,30). The zero-order valence-corrected chi connectivity index (χ0v) is 19.5. The highest BCUT2D eigenvalue weighted by molar-refractivity contribution is 5.89. The number of aliphatic hydroxyl groups excluding tert-OH is 1. The van der Waals surface area contributed by atoms with Crippen molar-refractivity contribution in [2.75, 3.05) is 6.61 Å². The van der Waals surface area contributed by atoms with Gasteiger partial charge in [-0.15, -0.1) is 5.10 Å². The smallest absolute Gasteiger partial charge is 0.357 e. The van der Waals surface area contributed by atoms with E-state index in [2.05, 4.69) is 32.5 Å². The van der Waals surface area contributed by atoms with E-state index in [1.54, 1.807) is 13.8 Å². The van der Waals surface area contributed by atoms with Crippen LogP contribution in [0.3, 0.4) is 0 Å². The molecule has 2 aromatic carbocycles. The van der Waals surface area contributed by atoms with E-state index in [0.29, 0.717) is 30.2 Å². The van der Waals surface area contributed by atoms with Crippen LogP contribution in [0.2, 0.25) is 0 Å². The van der Waals surface area contributed by atoms with E-state index in [-0.39, 0.29) is 6.61 Å². The molecule has 0 spiro atoms. The largest absolute Gasteiger partial charge is 0.461 e. The Bertz CT molecular complexity index is 1250. The van der Waals surface area contributed by atoms with E-state index in [1.165, 1.54) is 0 Å². The molecule has 0 aliphatic heterocycles. The van der Waals surface area contributed by atoms with Crippen molar-refractivity contribution >= 4 is 5.97 Å². The van der Waals surface area contributed by atoms with Crippen molar-refractivity contribution in [2.45, 2.75) is 46.3 Å². The second kappa shape index (κ2) is 10.4. The normalized spacial score (nSPS) is 12.0. The summed E-state index contributed by atoms with van der Waals surface area (Å²) in [7, 11) is 0. The predicted molar refractivity (Wildman–Crippen MR) is 127 cm³/mol. The second-order valence-electron chi connectivity index (χ2n) is 7.99. The van der Waals surface area contributed by atoms with Crippen LogP contribution in [0.15, 0.2) is 48.5 Å². The van der Waals surface area contributed by atoms with Gasteiger partial charge in [0.25, 0.3) is 0 Å². The Balaban J connectivity index is 1.69. The van der Waals surface area contributed by atoms with Gasteiger partial charge in [0.05, 0.1) is 12.7 Å². The Morgan fingerprint density at radius 1 is 1.12 bits per heavy atom. The first-order valence-electron chi connectivity index (χ1n) is 11.4. The highest BCUT2D eigenvalue weighted by Gasteiger charge is 2.26. The average molecular weight is 461 g/mol. The van der Waals surface area contributed by atoms with Crippen molar-refractivity contribution in [1.29, 1.82) is 0 Å². The number of aromatic nitrogens is 6. The lowest BCUT2D eigenvalue weighted by molar-refractivity contribution is 0.0506. The van der Waals surface area contributed by atoms with Crippen LogP contribution in [0.1, 0.15) is 60.9 Å². The van der Waals surface area contributed by atoms with Crippen LogP contribution in [0, 0.1) is 0 Å². The van der Waals surface area contributed by atoms with Crippen LogP contribution >= 0.6 is 0 Å². The zero-order chi connectivity index (χ0) is 24.1. The van der Waals surface area contributed by atoms with Crippen molar-refractivity contribution in [2.24, 2.45) is 0 Å². The van der Waals surface area contributed by atoms with E-state index >= 15 is 0 Å². The molecular weight excluding hydrogens is 432 g/mol. The molecule has 0 bridgehead atoms. The lowest BCUT2D eigenvalue weighted by Gasteiger charge is -2.13. The maximum Gasteiger partial charge on any atom is 0.357 e. The summed E-state index contributed by atoms with van der Waals surface area (Å²) in [6.45, 7) is 6.13. The molecular formula is C25H28N6O3. The van der Waals surface area contributed by atoms with Crippen LogP contribution in [0.25, 0.3) is 22.5 Å². The maximum atomic E-state index is 12.8. The SMILES string of the molecule is CCCc1nc(C(C)O)c(C(=O)OCC)n1Cc1ccc(-c2ccccc2-c2nnn[nH]2)cc1. The predicted octanol–water partition coefficient (Wildman–Crippen LogP) is 3.96. The molecule has 0 aliphatic carbocycles. The molecule has 1 unspecified atom stereocenters. The Morgan fingerprint density at radius 3 is 2.47 bits per heavy atom. The van der Waals surface area contributed by atoms with Gasteiger partial charge in [-0.25, -0.2) is 14.9 Å². The fourth-order valence-corrected chi connectivity index (χ4v) is 4.00. The molecule has 2 heterocycles. The highest BCUT2D eigenvalue weighted by atomic mass is 16.5. The summed E-state index contributed by atoms with van der Waals surface area (Å²) in [4.78, 5) is 17.4. The van der Waals surface area contributed by atoms with Gasteiger partial charge in [-0.05, 0) is 47.4 Å². The first-order chi connectivity index (χ1) is 16.5. The fraction of sp³-hybridized carbons (Fsp3) is 0.320. The van der Waals surface area contributed by atoms with Gasteiger partial charge >= 0.3 is 5.97 Å². The number of rotatable bonds is 9. The number of carbonyl (C=O) groups is 1. The first-order valence-corrected chi connectivity index (χ1v) is 11.4. The van der Waals surface area contributed by atoms with Gasteiger partial charge < -0.3 is 14.4 Å². The van der Waals surface area contributed by atoms with Gasteiger partial charge in [0.15, 0.2) is 11.5 Å². The van der Waals surface area contributed by atoms with E-state index < -0.39 is 12.1 Å². The van der Waals surface area contributed by atoms with Crippen LogP contribution in [-0.2, 0) is 17.7 Å². The molecule has 0 amide bonds. The Morgan fingerprint density at radius 2 is 1.85 bits per heavy atom. The summed E-state index contributed by atoms with van der Waals surface area (Å²) < 4.78 is 7.15. The molecule has 0 saturated carbocycles. The molecule has 2 N–H and O–H groups in total. The van der Waals surface area contributed by atoms with Crippen LogP contribution < -0.4 is 0 Å². The summed E-state index contributed by atoms with van der Waals surface area (Å²) in [6.07, 6.45) is 0.682. The average Bonchev–Trinajstić information content (AvgIpc) is 3.49. The molecule has 4 aromatic rings. The molecule has 1 atom stereocenters. The van der Waals surface area contributed by atoms with Crippen molar-refractivity contribution in [1.82, 2.24) is 30.2 Å². The summed E-state index contributed by atoms with van der Waals surface area (Å²) >= 11 is 0. The third kappa shape index (κ3) is 4.74. The highest BCUT2D eigenvalue weighted by Crippen LogP contribution is 2.30. The Kier molecular flexibility index (Phi) is 7.12. The number of nitrogens with one attached hydrogen (secondary N) is 1. The minimum Gasteiger partial charge on any atom is -0.461 e. The molecule has 4 rings (SSSR count). The van der Waals surface area contributed by atoms with Gasteiger partial charge in [0, 0.05) is 18.5 Å². The molecule has 0 radical (unpaired) electrons. The lowest BCUT2D eigenvalue weighted by atomic mass is 9.98. The van der Waals surface area contributed by atoms with Crippen LogP contribution in [-0.4, -0.2) is 47.9 Å². The van der Waals surface area contributed by atoms with Crippen LogP contribution in [0.5, 0.6) is 0 Å². The second-order valence-corrected chi connectivity index (χ2v) is 7.99. The Hall–Kier alpha value is -3.85.